The average molecular weight is 285 g/mol. The van der Waals surface area contributed by atoms with Crippen LogP contribution in [-0.4, -0.2) is 19.0 Å². The number of nitrogens with one attached hydrogen (secondary N) is 1. The second-order valence-electron chi connectivity index (χ2n) is 4.66. The number of rotatable bonds is 4. The molecular formula is C14H21ClN2O2. The highest BCUT2D eigenvalue weighted by atomic mass is 35.5. The summed E-state index contributed by atoms with van der Waals surface area (Å²) in [5.74, 6) is 1.43. The number of nitrogens with two attached hydrogens (primary N) is 1. The highest BCUT2D eigenvalue weighted by Crippen LogP contribution is 2.31. The van der Waals surface area contributed by atoms with Crippen LogP contribution < -0.4 is 15.2 Å². The van der Waals surface area contributed by atoms with E-state index in [4.69, 9.17) is 20.6 Å². The van der Waals surface area contributed by atoms with Crippen LogP contribution in [0.4, 0.5) is 0 Å². The third kappa shape index (κ3) is 4.03. The molecule has 0 radical (unpaired) electrons. The summed E-state index contributed by atoms with van der Waals surface area (Å²) in [5.41, 5.74) is 6.11. The van der Waals surface area contributed by atoms with Crippen molar-refractivity contribution in [2.24, 2.45) is 5.73 Å². The first-order valence-corrected chi connectivity index (χ1v) is 6.40. The molecule has 5 heteroatoms. The van der Waals surface area contributed by atoms with E-state index in [1.54, 1.807) is 19.2 Å². The first-order chi connectivity index (χ1) is 8.70. The molecule has 1 fully saturated rings. The molecule has 0 aromatic heterocycles. The maximum Gasteiger partial charge on any atom is 0.161 e. The molecule has 0 heterocycles. The van der Waals surface area contributed by atoms with Crippen LogP contribution in [0.2, 0.25) is 0 Å². The molecule has 106 valence electrons. The Kier molecular flexibility index (Phi) is 5.96. The quantitative estimate of drug-likeness (QED) is 0.659. The normalized spacial score (nSPS) is 15.4. The van der Waals surface area contributed by atoms with Crippen LogP contribution in [0.15, 0.2) is 18.2 Å². The Morgan fingerprint density at radius 2 is 1.89 bits per heavy atom. The van der Waals surface area contributed by atoms with Crippen molar-refractivity contribution in [3.8, 4) is 11.5 Å². The van der Waals surface area contributed by atoms with E-state index in [-0.39, 0.29) is 24.3 Å². The van der Waals surface area contributed by atoms with Crippen LogP contribution in [0.5, 0.6) is 11.5 Å². The molecule has 2 rings (SSSR count). The van der Waals surface area contributed by atoms with Crippen molar-refractivity contribution in [1.82, 2.24) is 0 Å². The number of hydrogen-bond acceptors (Lipinski definition) is 3. The molecule has 0 amide bonds. The van der Waals surface area contributed by atoms with Crippen LogP contribution in [-0.2, 0) is 0 Å². The van der Waals surface area contributed by atoms with Crippen molar-refractivity contribution in [1.29, 1.82) is 5.41 Å². The Hall–Kier alpha value is -1.42. The number of nitrogen functional groups attached to an aromatic ring is 1. The Bertz CT molecular complexity index is 431. The van der Waals surface area contributed by atoms with E-state index in [1.807, 2.05) is 6.07 Å². The van der Waals surface area contributed by atoms with E-state index in [9.17, 15) is 0 Å². The third-order valence-corrected chi connectivity index (χ3v) is 3.32. The lowest BCUT2D eigenvalue weighted by molar-refractivity contribution is 0.149. The first-order valence-electron chi connectivity index (χ1n) is 6.40. The fourth-order valence-corrected chi connectivity index (χ4v) is 2.30. The van der Waals surface area contributed by atoms with Gasteiger partial charge in [0, 0.05) is 5.56 Å². The summed E-state index contributed by atoms with van der Waals surface area (Å²) in [5, 5.41) is 7.41. The van der Waals surface area contributed by atoms with Gasteiger partial charge in [0.15, 0.2) is 11.5 Å². The molecule has 0 atom stereocenters. The molecule has 0 bridgehead atoms. The van der Waals surface area contributed by atoms with Crippen LogP contribution in [0, 0.1) is 5.41 Å². The lowest BCUT2D eigenvalue weighted by Crippen LogP contribution is -2.20. The average Bonchev–Trinajstić information content (AvgIpc) is 2.40. The highest BCUT2D eigenvalue weighted by Gasteiger charge is 2.17. The van der Waals surface area contributed by atoms with E-state index < -0.39 is 0 Å². The van der Waals surface area contributed by atoms with E-state index in [0.29, 0.717) is 11.3 Å². The molecule has 3 N–H and O–H groups in total. The Labute approximate surface area is 120 Å². The Balaban J connectivity index is 0.00000180. The molecule has 0 spiro atoms. The summed E-state index contributed by atoms with van der Waals surface area (Å²) in [4.78, 5) is 0. The van der Waals surface area contributed by atoms with Crippen LogP contribution in [0.1, 0.15) is 37.7 Å². The van der Waals surface area contributed by atoms with E-state index in [1.165, 1.54) is 19.3 Å². The molecule has 0 unspecified atom stereocenters. The zero-order chi connectivity index (χ0) is 13.0. The fraction of sp³-hybridized carbons (Fsp3) is 0.500. The summed E-state index contributed by atoms with van der Waals surface area (Å²) in [7, 11) is 1.60. The first kappa shape index (κ1) is 15.6. The maximum absolute atomic E-state index is 7.41. The molecule has 1 aliphatic carbocycles. The molecule has 1 aromatic rings. The van der Waals surface area contributed by atoms with Crippen LogP contribution in [0.3, 0.4) is 0 Å². The second-order valence-corrected chi connectivity index (χ2v) is 4.66. The lowest BCUT2D eigenvalue weighted by Gasteiger charge is -2.24. The highest BCUT2D eigenvalue weighted by molar-refractivity contribution is 5.95. The van der Waals surface area contributed by atoms with Crippen LogP contribution in [0.25, 0.3) is 0 Å². The van der Waals surface area contributed by atoms with E-state index >= 15 is 0 Å². The molecule has 4 nitrogen and oxygen atoms in total. The van der Waals surface area contributed by atoms with Gasteiger partial charge in [-0.15, -0.1) is 12.4 Å². The largest absolute Gasteiger partial charge is 0.493 e. The summed E-state index contributed by atoms with van der Waals surface area (Å²) < 4.78 is 11.3. The van der Waals surface area contributed by atoms with Gasteiger partial charge in [-0.25, -0.2) is 0 Å². The van der Waals surface area contributed by atoms with Crippen molar-refractivity contribution in [2.45, 2.75) is 38.2 Å². The zero-order valence-electron chi connectivity index (χ0n) is 11.1. The maximum atomic E-state index is 7.41. The number of amidine groups is 1. The fourth-order valence-electron chi connectivity index (χ4n) is 2.30. The smallest absolute Gasteiger partial charge is 0.161 e. The van der Waals surface area contributed by atoms with Crippen molar-refractivity contribution in [3.05, 3.63) is 23.8 Å². The summed E-state index contributed by atoms with van der Waals surface area (Å²) >= 11 is 0. The molecule has 1 aromatic carbocycles. The predicted molar refractivity (Wildman–Crippen MR) is 78.8 cm³/mol. The predicted octanol–water partition coefficient (Wildman–Crippen LogP) is 3.11. The molecule has 1 saturated carbocycles. The topological polar surface area (TPSA) is 68.3 Å². The van der Waals surface area contributed by atoms with Gasteiger partial charge in [-0.3, -0.25) is 5.41 Å². The minimum absolute atomic E-state index is 0. The molecule has 19 heavy (non-hydrogen) atoms. The second kappa shape index (κ2) is 7.24. The van der Waals surface area contributed by atoms with Gasteiger partial charge in [0.2, 0.25) is 0 Å². The Morgan fingerprint density at radius 1 is 1.21 bits per heavy atom. The van der Waals surface area contributed by atoms with Gasteiger partial charge in [-0.2, -0.15) is 0 Å². The third-order valence-electron chi connectivity index (χ3n) is 3.32. The van der Waals surface area contributed by atoms with Crippen molar-refractivity contribution < 1.29 is 9.47 Å². The molecular weight excluding hydrogens is 264 g/mol. The number of ether oxygens (including phenoxy) is 2. The zero-order valence-corrected chi connectivity index (χ0v) is 12.0. The summed E-state index contributed by atoms with van der Waals surface area (Å²) in [6, 6.07) is 5.38. The molecule has 0 saturated heterocycles. The van der Waals surface area contributed by atoms with Crippen LogP contribution >= 0.6 is 12.4 Å². The Morgan fingerprint density at radius 3 is 2.47 bits per heavy atom. The summed E-state index contributed by atoms with van der Waals surface area (Å²) in [6.45, 7) is 0. The van der Waals surface area contributed by atoms with Gasteiger partial charge < -0.3 is 15.2 Å². The van der Waals surface area contributed by atoms with Gasteiger partial charge in [0.05, 0.1) is 13.2 Å². The summed E-state index contributed by atoms with van der Waals surface area (Å²) in [6.07, 6.45) is 6.28. The van der Waals surface area contributed by atoms with Gasteiger partial charge in [-0.05, 0) is 43.9 Å². The SMILES string of the molecule is COc1cc(C(=N)N)ccc1OC1CCCCC1.Cl. The van der Waals surface area contributed by atoms with E-state index in [0.717, 1.165) is 18.6 Å². The molecule has 0 aliphatic heterocycles. The number of hydrogen-bond donors (Lipinski definition) is 2. The molecule has 1 aliphatic rings. The minimum Gasteiger partial charge on any atom is -0.493 e. The minimum atomic E-state index is 0. The lowest BCUT2D eigenvalue weighted by atomic mass is 9.98. The number of benzene rings is 1. The van der Waals surface area contributed by atoms with E-state index in [2.05, 4.69) is 0 Å². The number of methoxy groups -OCH3 is 1. The van der Waals surface area contributed by atoms with Gasteiger partial charge in [-0.1, -0.05) is 6.42 Å². The van der Waals surface area contributed by atoms with Gasteiger partial charge in [0.25, 0.3) is 0 Å². The van der Waals surface area contributed by atoms with Crippen molar-refractivity contribution in [2.75, 3.05) is 7.11 Å². The standard InChI is InChI=1S/C14H20N2O2.ClH/c1-17-13-9-10(14(15)16)7-8-12(13)18-11-5-3-2-4-6-11;/h7-9,11H,2-6H2,1H3,(H3,15,16);1H. The van der Waals surface area contributed by atoms with Gasteiger partial charge >= 0.3 is 0 Å². The van der Waals surface area contributed by atoms with Crippen molar-refractivity contribution in [3.63, 3.8) is 0 Å². The number of halogens is 1. The van der Waals surface area contributed by atoms with Crippen molar-refractivity contribution >= 4 is 18.2 Å². The monoisotopic (exact) mass is 284 g/mol. The van der Waals surface area contributed by atoms with Gasteiger partial charge in [0.1, 0.15) is 5.84 Å².